The largest absolute Gasteiger partial charge is 0.451 e. The molecule has 0 fully saturated rings. The van der Waals surface area contributed by atoms with E-state index in [0.717, 1.165) is 26.4 Å². The minimum Gasteiger partial charge on any atom is -0.325 e. The molecule has 0 radical (unpaired) electrons. The van der Waals surface area contributed by atoms with Crippen molar-refractivity contribution in [1.82, 2.24) is 14.8 Å². The summed E-state index contributed by atoms with van der Waals surface area (Å²) in [5.41, 5.74) is 1.52. The van der Waals surface area contributed by atoms with E-state index >= 15 is 0 Å². The minimum atomic E-state index is -4.57. The van der Waals surface area contributed by atoms with Gasteiger partial charge in [0.1, 0.15) is 0 Å². The lowest BCUT2D eigenvalue weighted by molar-refractivity contribution is -0.147. The zero-order chi connectivity index (χ0) is 17.2. The van der Waals surface area contributed by atoms with E-state index in [4.69, 9.17) is 0 Å². The Balaban J connectivity index is 1.98. The highest BCUT2D eigenvalue weighted by Gasteiger charge is 2.37. The summed E-state index contributed by atoms with van der Waals surface area (Å²) >= 11 is 4.21. The summed E-state index contributed by atoms with van der Waals surface area (Å²) < 4.78 is 39.5. The number of halogens is 4. The Labute approximate surface area is 142 Å². The van der Waals surface area contributed by atoms with Crippen molar-refractivity contribution < 1.29 is 18.0 Å². The fourth-order valence-electron chi connectivity index (χ4n) is 1.77. The zero-order valence-corrected chi connectivity index (χ0v) is 14.5. The highest BCUT2D eigenvalue weighted by Crippen LogP contribution is 2.29. The lowest BCUT2D eigenvalue weighted by atomic mass is 10.2. The molecule has 0 aliphatic carbocycles. The van der Waals surface area contributed by atoms with Crippen LogP contribution in [0.25, 0.3) is 0 Å². The van der Waals surface area contributed by atoms with E-state index in [1.54, 1.807) is 12.1 Å². The Morgan fingerprint density at radius 3 is 2.65 bits per heavy atom. The third kappa shape index (κ3) is 4.47. The second-order valence-corrected chi connectivity index (χ2v) is 6.52. The summed E-state index contributed by atoms with van der Waals surface area (Å²) in [4.78, 5) is 11.9. The highest BCUT2D eigenvalue weighted by molar-refractivity contribution is 9.10. The fourth-order valence-corrected chi connectivity index (χ4v) is 2.96. The first kappa shape index (κ1) is 17.8. The van der Waals surface area contributed by atoms with Crippen LogP contribution in [0, 0.1) is 6.92 Å². The molecule has 0 atom stereocenters. The monoisotopic (exact) mass is 408 g/mol. The molecule has 1 amide bonds. The van der Waals surface area contributed by atoms with Crippen molar-refractivity contribution in [2.24, 2.45) is 7.05 Å². The van der Waals surface area contributed by atoms with Crippen LogP contribution in [0.5, 0.6) is 0 Å². The maximum atomic E-state index is 12.6. The number of benzene rings is 1. The van der Waals surface area contributed by atoms with Crippen LogP contribution in [-0.4, -0.2) is 26.4 Å². The van der Waals surface area contributed by atoms with E-state index in [1.165, 1.54) is 7.05 Å². The quantitative estimate of drug-likeness (QED) is 0.784. The SMILES string of the molecule is Cc1cc(Br)ccc1NC(=O)CSc1nnc(C(F)(F)F)n1C. The second-order valence-electron chi connectivity index (χ2n) is 4.66. The van der Waals surface area contributed by atoms with Crippen LogP contribution in [0.4, 0.5) is 18.9 Å². The van der Waals surface area contributed by atoms with Crippen molar-refractivity contribution in [3.8, 4) is 0 Å². The number of alkyl halides is 3. The van der Waals surface area contributed by atoms with Gasteiger partial charge in [0, 0.05) is 17.2 Å². The first-order valence-electron chi connectivity index (χ1n) is 6.34. The molecule has 0 saturated carbocycles. The van der Waals surface area contributed by atoms with Crippen molar-refractivity contribution in [3.63, 3.8) is 0 Å². The van der Waals surface area contributed by atoms with E-state index in [-0.39, 0.29) is 16.8 Å². The minimum absolute atomic E-state index is 0.0278. The molecule has 124 valence electrons. The van der Waals surface area contributed by atoms with Gasteiger partial charge in [-0.05, 0) is 30.7 Å². The van der Waals surface area contributed by atoms with Gasteiger partial charge in [-0.25, -0.2) is 0 Å². The molecule has 0 spiro atoms. The lowest BCUT2D eigenvalue weighted by Crippen LogP contribution is -2.16. The van der Waals surface area contributed by atoms with Gasteiger partial charge >= 0.3 is 6.18 Å². The summed E-state index contributed by atoms with van der Waals surface area (Å²) in [5.74, 6) is -1.50. The zero-order valence-electron chi connectivity index (χ0n) is 12.1. The van der Waals surface area contributed by atoms with Crippen molar-refractivity contribution in [3.05, 3.63) is 34.1 Å². The summed E-state index contributed by atoms with van der Waals surface area (Å²) in [7, 11) is 1.21. The van der Waals surface area contributed by atoms with Gasteiger partial charge in [-0.15, -0.1) is 10.2 Å². The molecule has 2 aromatic rings. The maximum absolute atomic E-state index is 12.6. The van der Waals surface area contributed by atoms with Gasteiger partial charge in [-0.2, -0.15) is 13.2 Å². The molecule has 1 aromatic carbocycles. The van der Waals surface area contributed by atoms with Gasteiger partial charge in [0.15, 0.2) is 5.16 Å². The van der Waals surface area contributed by atoms with Gasteiger partial charge in [0.2, 0.25) is 11.7 Å². The van der Waals surface area contributed by atoms with Gasteiger partial charge < -0.3 is 9.88 Å². The number of aryl methyl sites for hydroxylation is 1. The molecule has 1 heterocycles. The smallest absolute Gasteiger partial charge is 0.325 e. The third-order valence-electron chi connectivity index (χ3n) is 2.88. The fraction of sp³-hybridized carbons (Fsp3) is 0.308. The number of amides is 1. The summed E-state index contributed by atoms with van der Waals surface area (Å²) in [6.07, 6.45) is -4.57. The molecule has 0 bridgehead atoms. The van der Waals surface area contributed by atoms with E-state index in [1.807, 2.05) is 13.0 Å². The highest BCUT2D eigenvalue weighted by atomic mass is 79.9. The molecule has 10 heteroatoms. The summed E-state index contributed by atoms with van der Waals surface area (Å²) in [6, 6.07) is 5.38. The summed E-state index contributed by atoms with van der Waals surface area (Å²) in [6.45, 7) is 1.84. The number of aromatic nitrogens is 3. The van der Waals surface area contributed by atoms with E-state index in [9.17, 15) is 18.0 Å². The standard InChI is InChI=1S/C13H12BrF3N4OS/c1-7-5-8(14)3-4-9(7)18-10(22)6-23-12-20-19-11(21(12)2)13(15,16)17/h3-5H,6H2,1-2H3,(H,18,22). The normalized spacial score (nSPS) is 11.6. The van der Waals surface area contributed by atoms with Crippen LogP contribution in [0.1, 0.15) is 11.4 Å². The number of carbonyl (C=O) groups is 1. The number of carbonyl (C=O) groups excluding carboxylic acids is 1. The first-order valence-corrected chi connectivity index (χ1v) is 8.11. The van der Waals surface area contributed by atoms with Gasteiger partial charge in [0.25, 0.3) is 0 Å². The Hall–Kier alpha value is -1.55. The van der Waals surface area contributed by atoms with Gasteiger partial charge in [-0.1, -0.05) is 27.7 Å². The summed E-state index contributed by atoms with van der Waals surface area (Å²) in [5, 5.41) is 9.29. The number of thioether (sulfide) groups is 1. The molecule has 0 unspecified atom stereocenters. The Bertz CT molecular complexity index is 732. The molecular weight excluding hydrogens is 397 g/mol. The predicted octanol–water partition coefficient (Wildman–Crippen LogP) is 3.64. The third-order valence-corrected chi connectivity index (χ3v) is 4.40. The van der Waals surface area contributed by atoms with Crippen LogP contribution < -0.4 is 5.32 Å². The molecule has 23 heavy (non-hydrogen) atoms. The number of nitrogens with zero attached hydrogens (tertiary/aromatic N) is 3. The number of hydrogen-bond donors (Lipinski definition) is 1. The van der Waals surface area contributed by atoms with Crippen molar-refractivity contribution in [1.29, 1.82) is 0 Å². The van der Waals surface area contributed by atoms with Crippen LogP contribution >= 0.6 is 27.7 Å². The van der Waals surface area contributed by atoms with E-state index in [0.29, 0.717) is 5.69 Å². The molecular formula is C13H12BrF3N4OS. The molecule has 2 rings (SSSR count). The van der Waals surface area contributed by atoms with Crippen LogP contribution in [0.2, 0.25) is 0 Å². The molecule has 5 nitrogen and oxygen atoms in total. The first-order chi connectivity index (χ1) is 10.7. The van der Waals surface area contributed by atoms with Gasteiger partial charge in [-0.3, -0.25) is 4.79 Å². The topological polar surface area (TPSA) is 59.8 Å². The molecule has 1 aromatic heterocycles. The molecule has 0 aliphatic heterocycles. The average molecular weight is 409 g/mol. The predicted molar refractivity (Wildman–Crippen MR) is 84.2 cm³/mol. The van der Waals surface area contributed by atoms with Crippen LogP contribution in [0.3, 0.4) is 0 Å². The van der Waals surface area contributed by atoms with Crippen molar-refractivity contribution >= 4 is 39.3 Å². The Kier molecular flexibility index (Phi) is 5.35. The van der Waals surface area contributed by atoms with Gasteiger partial charge in [0.05, 0.1) is 5.75 Å². The van der Waals surface area contributed by atoms with E-state index < -0.39 is 12.0 Å². The van der Waals surface area contributed by atoms with Crippen molar-refractivity contribution in [2.45, 2.75) is 18.3 Å². The Morgan fingerprint density at radius 2 is 2.09 bits per heavy atom. The Morgan fingerprint density at radius 1 is 1.39 bits per heavy atom. The number of nitrogens with one attached hydrogen (secondary N) is 1. The number of anilines is 1. The second kappa shape index (κ2) is 6.91. The molecule has 0 aliphatic rings. The lowest BCUT2D eigenvalue weighted by Gasteiger charge is -2.09. The van der Waals surface area contributed by atoms with Crippen molar-refractivity contribution in [2.75, 3.05) is 11.1 Å². The molecule has 1 N–H and O–H groups in total. The van der Waals surface area contributed by atoms with Crippen LogP contribution in [-0.2, 0) is 18.0 Å². The van der Waals surface area contributed by atoms with Crippen LogP contribution in [0.15, 0.2) is 27.8 Å². The number of rotatable bonds is 4. The molecule has 0 saturated heterocycles. The average Bonchev–Trinajstić information content (AvgIpc) is 2.81. The van der Waals surface area contributed by atoms with E-state index in [2.05, 4.69) is 31.4 Å². The number of hydrogen-bond acceptors (Lipinski definition) is 4. The maximum Gasteiger partial charge on any atom is 0.451 e.